The minimum absolute atomic E-state index is 0.112. The molecule has 0 aliphatic rings. The number of hydrogen-bond acceptors (Lipinski definition) is 3. The number of benzene rings is 1. The zero-order valence-electron chi connectivity index (χ0n) is 11.2. The second-order valence-electron chi connectivity index (χ2n) is 4.43. The third-order valence-electron chi connectivity index (χ3n) is 2.83. The van der Waals surface area contributed by atoms with Crippen LogP contribution >= 0.6 is 11.6 Å². The van der Waals surface area contributed by atoms with E-state index in [0.29, 0.717) is 22.8 Å². The van der Waals surface area contributed by atoms with Crippen molar-refractivity contribution in [3.63, 3.8) is 0 Å². The lowest BCUT2D eigenvalue weighted by Crippen LogP contribution is -2.37. The Hall–Kier alpha value is -1.75. The van der Waals surface area contributed by atoms with Crippen molar-refractivity contribution in [2.24, 2.45) is 5.92 Å². The highest BCUT2D eigenvalue weighted by molar-refractivity contribution is 6.31. The number of nitrogens with one attached hydrogen (secondary N) is 1. The minimum atomic E-state index is -0.292. The van der Waals surface area contributed by atoms with E-state index in [1.165, 1.54) is 11.0 Å². The second-order valence-corrected chi connectivity index (χ2v) is 4.87. The Balaban J connectivity index is 2.82. The molecule has 6 heteroatoms. The van der Waals surface area contributed by atoms with E-state index in [1.807, 2.05) is 0 Å². The van der Waals surface area contributed by atoms with E-state index in [9.17, 15) is 9.59 Å². The quantitative estimate of drug-likeness (QED) is 0.820. The molecule has 1 atom stereocenters. The van der Waals surface area contributed by atoms with E-state index in [-0.39, 0.29) is 17.7 Å². The molecule has 0 bridgehead atoms. The van der Waals surface area contributed by atoms with Gasteiger partial charge in [0.1, 0.15) is 0 Å². The topological polar surface area (TPSA) is 75.4 Å². The van der Waals surface area contributed by atoms with Crippen molar-refractivity contribution in [2.75, 3.05) is 26.4 Å². The van der Waals surface area contributed by atoms with Gasteiger partial charge in [0, 0.05) is 31.4 Å². The molecule has 0 aromatic heterocycles. The van der Waals surface area contributed by atoms with Crippen LogP contribution in [0.5, 0.6) is 0 Å². The third-order valence-corrected chi connectivity index (χ3v) is 3.07. The molecule has 104 valence electrons. The Kier molecular flexibility index (Phi) is 5.18. The van der Waals surface area contributed by atoms with Crippen LogP contribution in [0.25, 0.3) is 0 Å². The standard InChI is InChI=1S/C13H18ClN3O2/c1-8(12(18)16-2)7-17(3)13(19)10-6-9(14)4-5-11(10)15/h4-6,8H,7,15H2,1-3H3,(H,16,18). The molecule has 0 radical (unpaired) electrons. The molecule has 1 rings (SSSR count). The summed E-state index contributed by atoms with van der Waals surface area (Å²) >= 11 is 5.85. The molecule has 0 aliphatic heterocycles. The maximum absolute atomic E-state index is 12.2. The van der Waals surface area contributed by atoms with E-state index in [4.69, 9.17) is 17.3 Å². The number of nitrogen functional groups attached to an aromatic ring is 1. The first-order valence-corrected chi connectivity index (χ1v) is 6.26. The molecule has 0 aliphatic carbocycles. The fourth-order valence-electron chi connectivity index (χ4n) is 1.74. The predicted molar refractivity (Wildman–Crippen MR) is 76.1 cm³/mol. The lowest BCUT2D eigenvalue weighted by atomic mass is 10.1. The average molecular weight is 284 g/mol. The summed E-state index contributed by atoms with van der Waals surface area (Å²) in [5.41, 5.74) is 6.48. The van der Waals surface area contributed by atoms with Crippen molar-refractivity contribution in [3.8, 4) is 0 Å². The molecule has 0 heterocycles. The van der Waals surface area contributed by atoms with Crippen LogP contribution in [0, 0.1) is 5.92 Å². The van der Waals surface area contributed by atoms with Crippen LogP contribution in [0.1, 0.15) is 17.3 Å². The molecule has 1 aromatic rings. The molecule has 1 unspecified atom stereocenters. The van der Waals surface area contributed by atoms with E-state index in [1.54, 1.807) is 33.2 Å². The maximum atomic E-state index is 12.2. The van der Waals surface area contributed by atoms with Crippen molar-refractivity contribution in [1.82, 2.24) is 10.2 Å². The van der Waals surface area contributed by atoms with Crippen LogP contribution < -0.4 is 11.1 Å². The molecule has 3 N–H and O–H groups in total. The second kappa shape index (κ2) is 6.43. The summed E-state index contributed by atoms with van der Waals surface area (Å²) in [4.78, 5) is 25.1. The average Bonchev–Trinajstić information content (AvgIpc) is 2.39. The first-order chi connectivity index (χ1) is 8.86. The zero-order chi connectivity index (χ0) is 14.6. The van der Waals surface area contributed by atoms with Crippen LogP contribution in [0.2, 0.25) is 5.02 Å². The predicted octanol–water partition coefficient (Wildman–Crippen LogP) is 1.38. The van der Waals surface area contributed by atoms with Crippen molar-refractivity contribution < 1.29 is 9.59 Å². The molecular formula is C13H18ClN3O2. The highest BCUT2D eigenvalue weighted by Crippen LogP contribution is 2.19. The zero-order valence-corrected chi connectivity index (χ0v) is 12.0. The van der Waals surface area contributed by atoms with Gasteiger partial charge in [0.05, 0.1) is 11.5 Å². The molecule has 0 saturated carbocycles. The first kappa shape index (κ1) is 15.3. The van der Waals surface area contributed by atoms with Crippen LogP contribution in [0.15, 0.2) is 18.2 Å². The molecule has 5 nitrogen and oxygen atoms in total. The number of nitrogens with two attached hydrogens (primary N) is 1. The lowest BCUT2D eigenvalue weighted by Gasteiger charge is -2.21. The molecular weight excluding hydrogens is 266 g/mol. The Morgan fingerprint density at radius 1 is 1.47 bits per heavy atom. The van der Waals surface area contributed by atoms with E-state index < -0.39 is 0 Å². The van der Waals surface area contributed by atoms with E-state index in [0.717, 1.165) is 0 Å². The van der Waals surface area contributed by atoms with Crippen LogP contribution in [-0.2, 0) is 4.79 Å². The number of amides is 2. The number of halogens is 1. The molecule has 0 spiro atoms. The van der Waals surface area contributed by atoms with Crippen molar-refractivity contribution in [1.29, 1.82) is 0 Å². The number of hydrogen-bond donors (Lipinski definition) is 2. The summed E-state index contributed by atoms with van der Waals surface area (Å²) in [6.45, 7) is 2.06. The number of anilines is 1. The number of nitrogens with zero attached hydrogens (tertiary/aromatic N) is 1. The Morgan fingerprint density at radius 2 is 2.11 bits per heavy atom. The number of carbonyl (C=O) groups excluding carboxylic acids is 2. The minimum Gasteiger partial charge on any atom is -0.398 e. The van der Waals surface area contributed by atoms with Gasteiger partial charge in [0.15, 0.2) is 0 Å². The molecule has 0 saturated heterocycles. The molecule has 0 fully saturated rings. The summed E-state index contributed by atoms with van der Waals surface area (Å²) in [6, 6.07) is 4.74. The summed E-state index contributed by atoms with van der Waals surface area (Å²) < 4.78 is 0. The van der Waals surface area contributed by atoms with Gasteiger partial charge in [-0.2, -0.15) is 0 Å². The normalized spacial score (nSPS) is 11.8. The van der Waals surface area contributed by atoms with Gasteiger partial charge in [-0.25, -0.2) is 0 Å². The van der Waals surface area contributed by atoms with E-state index in [2.05, 4.69) is 5.32 Å². The largest absolute Gasteiger partial charge is 0.398 e. The van der Waals surface area contributed by atoms with Crippen molar-refractivity contribution in [2.45, 2.75) is 6.92 Å². The van der Waals surface area contributed by atoms with Gasteiger partial charge in [0.2, 0.25) is 5.91 Å². The highest BCUT2D eigenvalue weighted by atomic mass is 35.5. The summed E-state index contributed by atoms with van der Waals surface area (Å²) in [5.74, 6) is -0.658. The molecule has 1 aromatic carbocycles. The summed E-state index contributed by atoms with van der Waals surface area (Å²) in [7, 11) is 3.19. The fourth-order valence-corrected chi connectivity index (χ4v) is 1.91. The smallest absolute Gasteiger partial charge is 0.255 e. The van der Waals surface area contributed by atoms with Gasteiger partial charge in [-0.3, -0.25) is 9.59 Å². The Bertz CT molecular complexity index is 491. The number of carbonyl (C=O) groups is 2. The van der Waals surface area contributed by atoms with Crippen LogP contribution in [0.4, 0.5) is 5.69 Å². The van der Waals surface area contributed by atoms with Gasteiger partial charge in [0.25, 0.3) is 5.91 Å². The van der Waals surface area contributed by atoms with Crippen molar-refractivity contribution in [3.05, 3.63) is 28.8 Å². The van der Waals surface area contributed by atoms with E-state index >= 15 is 0 Å². The van der Waals surface area contributed by atoms with Gasteiger partial charge >= 0.3 is 0 Å². The Labute approximate surface area is 117 Å². The van der Waals surface area contributed by atoms with Crippen LogP contribution in [0.3, 0.4) is 0 Å². The summed E-state index contributed by atoms with van der Waals surface area (Å²) in [5, 5.41) is 3.00. The number of rotatable bonds is 4. The van der Waals surface area contributed by atoms with Gasteiger partial charge in [-0.15, -0.1) is 0 Å². The fraction of sp³-hybridized carbons (Fsp3) is 0.385. The maximum Gasteiger partial charge on any atom is 0.255 e. The lowest BCUT2D eigenvalue weighted by molar-refractivity contribution is -0.124. The SMILES string of the molecule is CNC(=O)C(C)CN(C)C(=O)c1cc(Cl)ccc1N. The van der Waals surface area contributed by atoms with Crippen molar-refractivity contribution >= 4 is 29.1 Å². The highest BCUT2D eigenvalue weighted by Gasteiger charge is 2.20. The molecule has 19 heavy (non-hydrogen) atoms. The third kappa shape index (κ3) is 3.86. The van der Waals surface area contributed by atoms with Gasteiger partial charge < -0.3 is 16.0 Å². The van der Waals surface area contributed by atoms with Gasteiger partial charge in [-0.1, -0.05) is 18.5 Å². The molecule has 2 amide bonds. The van der Waals surface area contributed by atoms with Gasteiger partial charge in [-0.05, 0) is 18.2 Å². The summed E-state index contributed by atoms with van der Waals surface area (Å²) in [6.07, 6.45) is 0. The monoisotopic (exact) mass is 283 g/mol. The Morgan fingerprint density at radius 3 is 2.68 bits per heavy atom. The first-order valence-electron chi connectivity index (χ1n) is 5.89. The van der Waals surface area contributed by atoms with Crippen LogP contribution in [-0.4, -0.2) is 37.4 Å².